The predicted molar refractivity (Wildman–Crippen MR) is 91.3 cm³/mol. The zero-order valence-electron chi connectivity index (χ0n) is 11.4. The van der Waals surface area contributed by atoms with Crippen molar-refractivity contribution in [3.05, 3.63) is 57.2 Å². The van der Waals surface area contributed by atoms with E-state index in [1.807, 2.05) is 41.8 Å². The molecule has 1 aromatic carbocycles. The Balaban J connectivity index is 0.00000220. The van der Waals surface area contributed by atoms with Crippen LogP contribution in [0.4, 0.5) is 0 Å². The average Bonchev–Trinajstić information content (AvgIpc) is 2.89. The van der Waals surface area contributed by atoms with Gasteiger partial charge in [-0.05, 0) is 18.1 Å². The first kappa shape index (κ1) is 18.0. The molecule has 1 aromatic heterocycles. The van der Waals surface area contributed by atoms with Crippen molar-refractivity contribution in [2.75, 3.05) is 6.54 Å². The van der Waals surface area contributed by atoms with Gasteiger partial charge in [0.15, 0.2) is 0 Å². The van der Waals surface area contributed by atoms with Crippen LogP contribution in [0.25, 0.3) is 0 Å². The van der Waals surface area contributed by atoms with Gasteiger partial charge in [-0.15, -0.1) is 23.7 Å². The second-order valence-electron chi connectivity index (χ2n) is 4.55. The van der Waals surface area contributed by atoms with Crippen molar-refractivity contribution in [3.63, 3.8) is 0 Å². The van der Waals surface area contributed by atoms with E-state index in [0.717, 1.165) is 15.5 Å². The molecule has 0 radical (unpaired) electrons. The molecule has 3 N–H and O–H groups in total. The molecule has 0 saturated heterocycles. The van der Waals surface area contributed by atoms with E-state index in [0.29, 0.717) is 19.4 Å². The Kier molecular flexibility index (Phi) is 7.75. The summed E-state index contributed by atoms with van der Waals surface area (Å²) < 4.78 is 0. The molecule has 21 heavy (non-hydrogen) atoms. The standard InChI is InChI=1S/C15H17ClN2OS.ClH/c16-12-8-13(20-10-12)6-7-15(19)18-9-14(17)11-4-2-1-3-5-11;/h1-5,8,10,14H,6-7,9,17H2,(H,18,19);1H. The van der Waals surface area contributed by atoms with E-state index in [4.69, 9.17) is 17.3 Å². The highest BCUT2D eigenvalue weighted by atomic mass is 35.5. The first-order valence-electron chi connectivity index (χ1n) is 6.45. The fourth-order valence-electron chi connectivity index (χ4n) is 1.85. The number of carbonyl (C=O) groups excluding carboxylic acids is 1. The molecule has 0 aliphatic carbocycles. The molecular weight excluding hydrogens is 327 g/mol. The van der Waals surface area contributed by atoms with Gasteiger partial charge in [0, 0.05) is 29.3 Å². The minimum absolute atomic E-state index is 0. The Morgan fingerprint density at radius 2 is 2.05 bits per heavy atom. The van der Waals surface area contributed by atoms with Crippen molar-refractivity contribution in [1.29, 1.82) is 0 Å². The van der Waals surface area contributed by atoms with E-state index in [1.54, 1.807) is 11.3 Å². The van der Waals surface area contributed by atoms with Crippen molar-refractivity contribution in [3.8, 4) is 0 Å². The van der Waals surface area contributed by atoms with E-state index in [9.17, 15) is 4.79 Å². The summed E-state index contributed by atoms with van der Waals surface area (Å²) in [5.74, 6) is 0.0147. The van der Waals surface area contributed by atoms with Crippen LogP contribution in [0.5, 0.6) is 0 Å². The lowest BCUT2D eigenvalue weighted by atomic mass is 10.1. The summed E-state index contributed by atoms with van der Waals surface area (Å²) in [5.41, 5.74) is 7.05. The lowest BCUT2D eigenvalue weighted by Gasteiger charge is -2.13. The number of halogens is 2. The maximum absolute atomic E-state index is 11.8. The van der Waals surface area contributed by atoms with Crippen molar-refractivity contribution in [2.45, 2.75) is 18.9 Å². The summed E-state index contributed by atoms with van der Waals surface area (Å²) in [5, 5.41) is 5.47. The summed E-state index contributed by atoms with van der Waals surface area (Å²) in [4.78, 5) is 12.9. The fourth-order valence-corrected chi connectivity index (χ4v) is 2.93. The summed E-state index contributed by atoms with van der Waals surface area (Å²) in [6, 6.07) is 11.5. The smallest absolute Gasteiger partial charge is 0.220 e. The zero-order valence-corrected chi connectivity index (χ0v) is 13.8. The fraction of sp³-hybridized carbons (Fsp3) is 0.267. The topological polar surface area (TPSA) is 55.1 Å². The van der Waals surface area contributed by atoms with Gasteiger partial charge in [0.1, 0.15) is 0 Å². The molecule has 2 aromatic rings. The molecule has 1 unspecified atom stereocenters. The molecule has 0 saturated carbocycles. The summed E-state index contributed by atoms with van der Waals surface area (Å²) in [6.07, 6.45) is 1.17. The normalized spacial score (nSPS) is 11.5. The van der Waals surface area contributed by atoms with Gasteiger partial charge in [-0.3, -0.25) is 4.79 Å². The molecular formula is C15H18Cl2N2OS. The second-order valence-corrected chi connectivity index (χ2v) is 5.98. The van der Waals surface area contributed by atoms with Crippen molar-refractivity contribution in [2.24, 2.45) is 5.73 Å². The minimum Gasteiger partial charge on any atom is -0.354 e. The van der Waals surface area contributed by atoms with Crippen LogP contribution in [-0.4, -0.2) is 12.5 Å². The van der Waals surface area contributed by atoms with Crippen LogP contribution in [0.1, 0.15) is 22.9 Å². The van der Waals surface area contributed by atoms with Crippen molar-refractivity contribution < 1.29 is 4.79 Å². The molecule has 0 aliphatic rings. The Morgan fingerprint density at radius 1 is 1.33 bits per heavy atom. The quantitative estimate of drug-likeness (QED) is 0.841. The lowest BCUT2D eigenvalue weighted by molar-refractivity contribution is -0.121. The Morgan fingerprint density at radius 3 is 2.67 bits per heavy atom. The molecule has 0 bridgehead atoms. The molecule has 114 valence electrons. The third-order valence-corrected chi connectivity index (χ3v) is 4.31. The molecule has 0 fully saturated rings. The molecule has 1 amide bonds. The van der Waals surface area contributed by atoms with Crippen LogP contribution in [-0.2, 0) is 11.2 Å². The predicted octanol–water partition coefficient (Wildman–Crippen LogP) is 3.57. The van der Waals surface area contributed by atoms with Crippen LogP contribution in [0, 0.1) is 0 Å². The minimum atomic E-state index is -0.170. The number of thiophene rings is 1. The highest BCUT2D eigenvalue weighted by molar-refractivity contribution is 7.10. The number of hydrogen-bond acceptors (Lipinski definition) is 3. The monoisotopic (exact) mass is 344 g/mol. The lowest BCUT2D eigenvalue weighted by Crippen LogP contribution is -2.31. The van der Waals surface area contributed by atoms with Crippen LogP contribution >= 0.6 is 35.3 Å². The molecule has 6 heteroatoms. The average molecular weight is 345 g/mol. The van der Waals surface area contributed by atoms with Crippen LogP contribution in [0.15, 0.2) is 41.8 Å². The van der Waals surface area contributed by atoms with Gasteiger partial charge in [-0.2, -0.15) is 0 Å². The summed E-state index contributed by atoms with van der Waals surface area (Å²) in [6.45, 7) is 0.452. The highest BCUT2D eigenvalue weighted by Gasteiger charge is 2.08. The van der Waals surface area contributed by atoms with Crippen LogP contribution in [0.2, 0.25) is 5.02 Å². The molecule has 0 aliphatic heterocycles. The highest BCUT2D eigenvalue weighted by Crippen LogP contribution is 2.20. The van der Waals surface area contributed by atoms with E-state index >= 15 is 0 Å². The largest absolute Gasteiger partial charge is 0.354 e. The molecule has 2 rings (SSSR count). The van der Waals surface area contributed by atoms with E-state index in [2.05, 4.69) is 5.32 Å². The van der Waals surface area contributed by atoms with Crippen molar-refractivity contribution >= 4 is 41.3 Å². The third kappa shape index (κ3) is 6.06. The maximum Gasteiger partial charge on any atom is 0.220 e. The number of nitrogens with one attached hydrogen (secondary N) is 1. The van der Waals surface area contributed by atoms with Crippen LogP contribution < -0.4 is 11.1 Å². The molecule has 1 atom stereocenters. The Hall–Kier alpha value is -1.07. The number of nitrogens with two attached hydrogens (primary N) is 1. The van der Waals surface area contributed by atoms with E-state index in [1.165, 1.54) is 0 Å². The number of rotatable bonds is 6. The van der Waals surface area contributed by atoms with Crippen LogP contribution in [0.3, 0.4) is 0 Å². The number of hydrogen-bond donors (Lipinski definition) is 2. The zero-order chi connectivity index (χ0) is 14.4. The molecule has 0 spiro atoms. The third-order valence-electron chi connectivity index (χ3n) is 2.97. The molecule has 3 nitrogen and oxygen atoms in total. The Labute approximate surface area is 139 Å². The number of aryl methyl sites for hydroxylation is 1. The van der Waals surface area contributed by atoms with Gasteiger partial charge in [0.05, 0.1) is 5.02 Å². The SMILES string of the molecule is Cl.NC(CNC(=O)CCc1cc(Cl)cs1)c1ccccc1. The van der Waals surface area contributed by atoms with Gasteiger partial charge < -0.3 is 11.1 Å². The number of carbonyl (C=O) groups is 1. The van der Waals surface area contributed by atoms with E-state index < -0.39 is 0 Å². The molecule has 1 heterocycles. The number of benzene rings is 1. The van der Waals surface area contributed by atoms with E-state index in [-0.39, 0.29) is 24.4 Å². The second kappa shape index (κ2) is 9.05. The first-order valence-corrected chi connectivity index (χ1v) is 7.71. The van der Waals surface area contributed by atoms with Gasteiger partial charge in [0.25, 0.3) is 0 Å². The first-order chi connectivity index (χ1) is 9.65. The van der Waals surface area contributed by atoms with Gasteiger partial charge in [-0.25, -0.2) is 0 Å². The Bertz CT molecular complexity index is 560. The summed E-state index contributed by atoms with van der Waals surface area (Å²) >= 11 is 7.42. The number of amides is 1. The van der Waals surface area contributed by atoms with Crippen molar-refractivity contribution in [1.82, 2.24) is 5.32 Å². The van der Waals surface area contributed by atoms with Gasteiger partial charge in [0.2, 0.25) is 5.91 Å². The maximum atomic E-state index is 11.8. The summed E-state index contributed by atoms with van der Waals surface area (Å²) in [7, 11) is 0. The van der Waals surface area contributed by atoms with Gasteiger partial charge in [-0.1, -0.05) is 41.9 Å². The van der Waals surface area contributed by atoms with Gasteiger partial charge >= 0.3 is 0 Å².